The number of pyridine rings is 1. The van der Waals surface area contributed by atoms with Gasteiger partial charge in [0.2, 0.25) is 5.65 Å². The molecule has 10 nitrogen and oxygen atoms in total. The molecule has 0 spiro atoms. The summed E-state index contributed by atoms with van der Waals surface area (Å²) in [5, 5.41) is 9.51. The number of hydrogen-bond donors (Lipinski definition) is 0. The standard InChI is InChI=1S/C23H26N8O2/c1-23(2,3)33-22(32)30-11-9-29(10-12-30)19-14-25-20-21(26-19)31(28-27-20)15-16-6-7-18-17(13-16)5-4-8-24-18/h4-8,13-14H,9-12,15H2,1-3H3. The molecule has 4 aromatic rings. The highest BCUT2D eigenvalue weighted by Gasteiger charge is 2.26. The van der Waals surface area contributed by atoms with Crippen LogP contribution in [0.5, 0.6) is 0 Å². The Bertz CT molecular complexity index is 1300. The lowest BCUT2D eigenvalue weighted by Crippen LogP contribution is -2.50. The van der Waals surface area contributed by atoms with Crippen molar-refractivity contribution >= 4 is 34.1 Å². The first-order chi connectivity index (χ1) is 15.9. The van der Waals surface area contributed by atoms with E-state index < -0.39 is 5.60 Å². The van der Waals surface area contributed by atoms with Crippen molar-refractivity contribution in [2.45, 2.75) is 32.9 Å². The number of carbonyl (C=O) groups excluding carboxylic acids is 1. The van der Waals surface area contributed by atoms with E-state index >= 15 is 0 Å². The smallest absolute Gasteiger partial charge is 0.410 e. The van der Waals surface area contributed by atoms with Gasteiger partial charge in [0.25, 0.3) is 0 Å². The molecular formula is C23H26N8O2. The highest BCUT2D eigenvalue weighted by molar-refractivity contribution is 5.79. The average Bonchev–Trinajstić information content (AvgIpc) is 3.20. The van der Waals surface area contributed by atoms with Crippen LogP contribution in [0.15, 0.2) is 42.7 Å². The van der Waals surface area contributed by atoms with Crippen LogP contribution in [0.25, 0.3) is 22.2 Å². The van der Waals surface area contributed by atoms with E-state index in [4.69, 9.17) is 9.72 Å². The minimum atomic E-state index is -0.502. The molecule has 170 valence electrons. The maximum atomic E-state index is 12.3. The zero-order valence-corrected chi connectivity index (χ0v) is 19.0. The van der Waals surface area contributed by atoms with Crippen molar-refractivity contribution in [1.29, 1.82) is 0 Å². The van der Waals surface area contributed by atoms with Crippen molar-refractivity contribution in [3.63, 3.8) is 0 Å². The molecule has 0 aliphatic carbocycles. The largest absolute Gasteiger partial charge is 0.444 e. The molecule has 1 aliphatic heterocycles. The van der Waals surface area contributed by atoms with E-state index in [1.54, 1.807) is 22.0 Å². The molecule has 33 heavy (non-hydrogen) atoms. The summed E-state index contributed by atoms with van der Waals surface area (Å²) in [5.74, 6) is 0.748. The van der Waals surface area contributed by atoms with E-state index in [1.165, 1.54) is 0 Å². The third-order valence-corrected chi connectivity index (χ3v) is 5.47. The van der Waals surface area contributed by atoms with E-state index in [2.05, 4.69) is 31.2 Å². The number of nitrogens with zero attached hydrogens (tertiary/aromatic N) is 8. The van der Waals surface area contributed by atoms with Crippen molar-refractivity contribution in [3.05, 3.63) is 48.3 Å². The van der Waals surface area contributed by atoms with Crippen molar-refractivity contribution in [3.8, 4) is 0 Å². The van der Waals surface area contributed by atoms with Crippen molar-refractivity contribution in [2.75, 3.05) is 31.1 Å². The van der Waals surface area contributed by atoms with Crippen LogP contribution in [0.3, 0.4) is 0 Å². The second kappa shape index (κ2) is 8.27. The fourth-order valence-electron chi connectivity index (χ4n) is 3.85. The fourth-order valence-corrected chi connectivity index (χ4v) is 3.85. The first-order valence-electron chi connectivity index (χ1n) is 11.0. The van der Waals surface area contributed by atoms with Crippen LogP contribution in [0.4, 0.5) is 10.6 Å². The van der Waals surface area contributed by atoms with Crippen LogP contribution in [-0.4, -0.2) is 72.7 Å². The first-order valence-corrected chi connectivity index (χ1v) is 11.0. The zero-order chi connectivity index (χ0) is 23.0. The number of piperazine rings is 1. The number of aromatic nitrogens is 6. The number of rotatable bonds is 3. The molecule has 5 rings (SSSR count). The Balaban J connectivity index is 1.32. The van der Waals surface area contributed by atoms with Gasteiger partial charge in [0.15, 0.2) is 5.65 Å². The highest BCUT2D eigenvalue weighted by atomic mass is 16.6. The minimum Gasteiger partial charge on any atom is -0.444 e. The van der Waals surface area contributed by atoms with Crippen LogP contribution < -0.4 is 4.90 Å². The summed E-state index contributed by atoms with van der Waals surface area (Å²) >= 11 is 0. The molecule has 10 heteroatoms. The number of benzene rings is 1. The molecule has 0 saturated carbocycles. The van der Waals surface area contributed by atoms with Gasteiger partial charge >= 0.3 is 6.09 Å². The topological polar surface area (TPSA) is 102 Å². The lowest BCUT2D eigenvalue weighted by Gasteiger charge is -2.35. The molecular weight excluding hydrogens is 420 g/mol. The van der Waals surface area contributed by atoms with Gasteiger partial charge in [-0.1, -0.05) is 17.3 Å². The Labute approximate surface area is 191 Å². The molecule has 0 N–H and O–H groups in total. The van der Waals surface area contributed by atoms with Gasteiger partial charge in [-0.3, -0.25) is 4.98 Å². The van der Waals surface area contributed by atoms with Gasteiger partial charge in [0.1, 0.15) is 11.4 Å². The van der Waals surface area contributed by atoms with E-state index in [0.29, 0.717) is 44.0 Å². The van der Waals surface area contributed by atoms with Crippen LogP contribution >= 0.6 is 0 Å². The number of carbonyl (C=O) groups is 1. The number of fused-ring (bicyclic) bond motifs is 2. The Morgan fingerprint density at radius 2 is 1.91 bits per heavy atom. The predicted molar refractivity (Wildman–Crippen MR) is 124 cm³/mol. The summed E-state index contributed by atoms with van der Waals surface area (Å²) in [6.45, 7) is 8.59. The Hall–Kier alpha value is -3.82. The van der Waals surface area contributed by atoms with E-state index in [1.807, 2.05) is 45.0 Å². The molecule has 0 radical (unpaired) electrons. The molecule has 0 bridgehead atoms. The normalized spacial score (nSPS) is 14.8. The maximum absolute atomic E-state index is 12.3. The summed E-state index contributed by atoms with van der Waals surface area (Å²) < 4.78 is 7.25. The lowest BCUT2D eigenvalue weighted by molar-refractivity contribution is 0.0240. The van der Waals surface area contributed by atoms with Crippen LogP contribution in [0, 0.1) is 0 Å². The van der Waals surface area contributed by atoms with E-state index in [0.717, 1.165) is 22.3 Å². The minimum absolute atomic E-state index is 0.281. The molecule has 0 atom stereocenters. The van der Waals surface area contributed by atoms with Gasteiger partial charge in [-0.2, -0.15) is 0 Å². The molecule has 1 amide bonds. The second-order valence-corrected chi connectivity index (χ2v) is 9.11. The first kappa shape index (κ1) is 21.0. The predicted octanol–water partition coefficient (Wildman–Crippen LogP) is 2.87. The summed E-state index contributed by atoms with van der Waals surface area (Å²) in [5.41, 5.74) is 2.68. The number of hydrogen-bond acceptors (Lipinski definition) is 8. The van der Waals surface area contributed by atoms with Gasteiger partial charge in [-0.05, 0) is 44.5 Å². The van der Waals surface area contributed by atoms with E-state index in [-0.39, 0.29) is 6.09 Å². The number of amides is 1. The molecule has 1 saturated heterocycles. The molecule has 4 heterocycles. The Kier molecular flexibility index (Phi) is 5.27. The molecule has 1 aliphatic rings. The van der Waals surface area contributed by atoms with Gasteiger partial charge in [0, 0.05) is 37.8 Å². The third kappa shape index (κ3) is 4.55. The number of anilines is 1. The summed E-state index contributed by atoms with van der Waals surface area (Å²) in [7, 11) is 0. The summed E-state index contributed by atoms with van der Waals surface area (Å²) in [6.07, 6.45) is 3.22. The molecule has 0 unspecified atom stereocenters. The van der Waals surface area contributed by atoms with Gasteiger partial charge in [-0.25, -0.2) is 19.4 Å². The molecule has 3 aromatic heterocycles. The van der Waals surface area contributed by atoms with Crippen LogP contribution in [-0.2, 0) is 11.3 Å². The Morgan fingerprint density at radius 1 is 1.09 bits per heavy atom. The second-order valence-electron chi connectivity index (χ2n) is 9.11. The molecule has 1 fully saturated rings. The SMILES string of the molecule is CC(C)(C)OC(=O)N1CCN(c2cnc3nnn(Cc4ccc5ncccc5c4)c3n2)CC1. The maximum Gasteiger partial charge on any atom is 0.410 e. The fraction of sp³-hybridized carbons (Fsp3) is 0.391. The number of ether oxygens (including phenoxy) is 1. The van der Waals surface area contributed by atoms with Crippen molar-refractivity contribution < 1.29 is 9.53 Å². The van der Waals surface area contributed by atoms with Crippen molar-refractivity contribution in [2.24, 2.45) is 0 Å². The van der Waals surface area contributed by atoms with E-state index in [9.17, 15) is 4.79 Å². The highest BCUT2D eigenvalue weighted by Crippen LogP contribution is 2.19. The van der Waals surface area contributed by atoms with Gasteiger partial charge in [0.05, 0.1) is 18.3 Å². The van der Waals surface area contributed by atoms with Gasteiger partial charge in [-0.15, -0.1) is 5.10 Å². The summed E-state index contributed by atoms with van der Waals surface area (Å²) in [6, 6.07) is 10.1. The Morgan fingerprint density at radius 3 is 2.70 bits per heavy atom. The average molecular weight is 447 g/mol. The molecule has 1 aromatic carbocycles. The van der Waals surface area contributed by atoms with Gasteiger partial charge < -0.3 is 14.5 Å². The van der Waals surface area contributed by atoms with Crippen molar-refractivity contribution in [1.82, 2.24) is 34.8 Å². The van der Waals surface area contributed by atoms with Crippen LogP contribution in [0.1, 0.15) is 26.3 Å². The zero-order valence-electron chi connectivity index (χ0n) is 19.0. The summed E-state index contributed by atoms with van der Waals surface area (Å²) in [4.78, 5) is 29.8. The lowest BCUT2D eigenvalue weighted by atomic mass is 10.1. The quantitative estimate of drug-likeness (QED) is 0.473. The third-order valence-electron chi connectivity index (χ3n) is 5.47. The van der Waals surface area contributed by atoms with Crippen LogP contribution in [0.2, 0.25) is 0 Å². The monoisotopic (exact) mass is 446 g/mol.